The van der Waals surface area contributed by atoms with E-state index in [9.17, 15) is 9.59 Å². The molecule has 0 aliphatic heterocycles. The molecular formula is C36H34N2O2. The van der Waals surface area contributed by atoms with Gasteiger partial charge in [-0.2, -0.15) is 0 Å². The molecule has 0 spiro atoms. The van der Waals surface area contributed by atoms with Crippen molar-refractivity contribution in [1.29, 1.82) is 0 Å². The second-order valence-corrected chi connectivity index (χ2v) is 11.2. The lowest BCUT2D eigenvalue weighted by molar-refractivity contribution is 0.102. The molecule has 4 heteroatoms. The fourth-order valence-electron chi connectivity index (χ4n) is 6.34. The van der Waals surface area contributed by atoms with Crippen LogP contribution in [-0.4, -0.2) is 30.7 Å². The second kappa shape index (κ2) is 10.4. The van der Waals surface area contributed by atoms with Crippen molar-refractivity contribution in [2.75, 3.05) is 19.4 Å². The molecular weight excluding hydrogens is 492 g/mol. The minimum absolute atomic E-state index is 0.0803. The quantitative estimate of drug-likeness (QED) is 0.344. The van der Waals surface area contributed by atoms with E-state index in [0.29, 0.717) is 16.8 Å². The predicted molar refractivity (Wildman–Crippen MR) is 162 cm³/mol. The topological polar surface area (TPSA) is 49.4 Å². The molecule has 1 unspecified atom stereocenters. The lowest BCUT2D eigenvalue weighted by atomic mass is 9.81. The normalized spacial score (nSPS) is 15.5. The van der Waals surface area contributed by atoms with Gasteiger partial charge in [0.15, 0.2) is 5.78 Å². The van der Waals surface area contributed by atoms with Crippen LogP contribution < -0.4 is 15.8 Å². The third-order valence-electron chi connectivity index (χ3n) is 8.37. The standard InChI is InChI=1S/C36H34N2O2/c1-22-10-5-7-12-27(22)36(40)37-25-16-17-26(23(2)20-25)35(39)32-15-9-14-30-29(32)18-19-31-28-13-8-6-11-24(28)21-33(34(30)31)38(3)4/h5-8,10-13,16-21,33H,9,14-15H2,1-4H3,(H,37,40). The fraction of sp³-hybridized carbons (Fsp3) is 0.222. The zero-order valence-corrected chi connectivity index (χ0v) is 23.5. The molecule has 2 aliphatic carbocycles. The Morgan fingerprint density at radius 2 is 1.52 bits per heavy atom. The van der Waals surface area contributed by atoms with E-state index in [1.807, 2.05) is 56.3 Å². The average Bonchev–Trinajstić information content (AvgIpc) is 2.96. The molecule has 40 heavy (non-hydrogen) atoms. The number of fused-ring (bicyclic) bond motifs is 4. The van der Waals surface area contributed by atoms with E-state index < -0.39 is 0 Å². The Kier molecular flexibility index (Phi) is 6.73. The molecule has 0 saturated carbocycles. The van der Waals surface area contributed by atoms with E-state index >= 15 is 0 Å². The number of benzene rings is 4. The fourth-order valence-corrected chi connectivity index (χ4v) is 6.34. The summed E-state index contributed by atoms with van der Waals surface area (Å²) in [7, 11) is 4.25. The molecule has 200 valence electrons. The van der Waals surface area contributed by atoms with Gasteiger partial charge in [0.25, 0.3) is 5.91 Å². The lowest BCUT2D eigenvalue weighted by Gasteiger charge is -2.29. The SMILES string of the molecule is Cc1ccccc1C(=O)Nc1ccc(C(=O)C2=c3ccc4c(c3CCC2)C(N(C)C)C=c2ccccc2=4)c(C)c1. The van der Waals surface area contributed by atoms with Crippen molar-refractivity contribution in [2.24, 2.45) is 0 Å². The number of rotatable bonds is 5. The highest BCUT2D eigenvalue weighted by Gasteiger charge is 2.26. The summed E-state index contributed by atoms with van der Waals surface area (Å²) >= 11 is 0. The molecule has 1 N–H and O–H groups in total. The van der Waals surface area contributed by atoms with Gasteiger partial charge in [-0.3, -0.25) is 14.5 Å². The summed E-state index contributed by atoms with van der Waals surface area (Å²) in [6, 6.07) is 26.2. The van der Waals surface area contributed by atoms with E-state index in [-0.39, 0.29) is 17.7 Å². The van der Waals surface area contributed by atoms with E-state index in [4.69, 9.17) is 0 Å². The van der Waals surface area contributed by atoms with E-state index in [1.54, 1.807) is 0 Å². The largest absolute Gasteiger partial charge is 0.322 e. The maximum absolute atomic E-state index is 14.0. The zero-order valence-electron chi connectivity index (χ0n) is 23.5. The molecule has 4 nitrogen and oxygen atoms in total. The molecule has 0 bridgehead atoms. The van der Waals surface area contributed by atoms with Crippen molar-refractivity contribution in [1.82, 2.24) is 4.90 Å². The number of Topliss-reactive ketones (excluding diaryl/α,β-unsaturated/α-hetero) is 1. The monoisotopic (exact) mass is 526 g/mol. The van der Waals surface area contributed by atoms with Gasteiger partial charge in [-0.1, -0.05) is 60.7 Å². The number of hydrogen-bond donors (Lipinski definition) is 1. The zero-order chi connectivity index (χ0) is 28.0. The van der Waals surface area contributed by atoms with Crippen LogP contribution in [0.5, 0.6) is 0 Å². The molecule has 0 radical (unpaired) electrons. The molecule has 0 aromatic heterocycles. The molecule has 4 aromatic carbocycles. The molecule has 1 amide bonds. The van der Waals surface area contributed by atoms with Crippen molar-refractivity contribution < 1.29 is 9.59 Å². The number of nitrogens with one attached hydrogen (secondary N) is 1. The first kappa shape index (κ1) is 26.0. The molecule has 0 fully saturated rings. The summed E-state index contributed by atoms with van der Waals surface area (Å²) in [6.07, 6.45) is 5.04. The highest BCUT2D eigenvalue weighted by atomic mass is 16.1. The van der Waals surface area contributed by atoms with Crippen molar-refractivity contribution in [3.8, 4) is 0 Å². The van der Waals surface area contributed by atoms with Gasteiger partial charge in [-0.05, 0) is 115 Å². The molecule has 2 aliphatic rings. The lowest BCUT2D eigenvalue weighted by Crippen LogP contribution is -2.31. The van der Waals surface area contributed by atoms with Crippen molar-refractivity contribution in [3.63, 3.8) is 0 Å². The Bertz CT molecular complexity index is 1900. The first-order valence-corrected chi connectivity index (χ1v) is 14.0. The average molecular weight is 527 g/mol. The Morgan fingerprint density at radius 1 is 0.775 bits per heavy atom. The van der Waals surface area contributed by atoms with Gasteiger partial charge in [0, 0.05) is 22.4 Å². The van der Waals surface area contributed by atoms with Crippen LogP contribution in [0.25, 0.3) is 11.6 Å². The van der Waals surface area contributed by atoms with Crippen LogP contribution in [0.15, 0.2) is 78.9 Å². The molecule has 0 saturated heterocycles. The number of nitrogens with zero attached hydrogens (tertiary/aromatic N) is 1. The number of carbonyl (C=O) groups is 2. The van der Waals surface area contributed by atoms with Crippen LogP contribution in [0, 0.1) is 24.3 Å². The van der Waals surface area contributed by atoms with Crippen LogP contribution in [0.4, 0.5) is 5.69 Å². The number of carbonyl (C=O) groups excluding carboxylic acids is 2. The summed E-state index contributed by atoms with van der Waals surface area (Å²) in [5, 5.41) is 7.87. The number of aryl methyl sites for hydroxylation is 2. The molecule has 1 atom stereocenters. The molecule has 0 heterocycles. The third kappa shape index (κ3) is 4.48. The van der Waals surface area contributed by atoms with Gasteiger partial charge in [-0.15, -0.1) is 0 Å². The van der Waals surface area contributed by atoms with Crippen LogP contribution >= 0.6 is 0 Å². The minimum Gasteiger partial charge on any atom is -0.322 e. The summed E-state index contributed by atoms with van der Waals surface area (Å²) < 4.78 is 0. The van der Waals surface area contributed by atoms with Gasteiger partial charge in [0.05, 0.1) is 6.04 Å². The molecule has 6 rings (SSSR count). The number of ketones is 1. The van der Waals surface area contributed by atoms with Crippen LogP contribution in [0.2, 0.25) is 0 Å². The van der Waals surface area contributed by atoms with Crippen molar-refractivity contribution >= 4 is 29.0 Å². The van der Waals surface area contributed by atoms with E-state index in [2.05, 4.69) is 66.8 Å². The highest BCUT2D eigenvalue weighted by Crippen LogP contribution is 2.31. The Hall–Kier alpha value is -4.28. The summed E-state index contributed by atoms with van der Waals surface area (Å²) in [4.78, 5) is 29.1. The van der Waals surface area contributed by atoms with E-state index in [1.165, 1.54) is 26.8 Å². The Morgan fingerprint density at radius 3 is 2.30 bits per heavy atom. The minimum atomic E-state index is -0.147. The van der Waals surface area contributed by atoms with Gasteiger partial charge in [-0.25, -0.2) is 0 Å². The smallest absolute Gasteiger partial charge is 0.255 e. The number of hydrogen-bond acceptors (Lipinski definition) is 3. The summed E-state index contributed by atoms with van der Waals surface area (Å²) in [5.41, 5.74) is 7.33. The highest BCUT2D eigenvalue weighted by molar-refractivity contribution is 6.25. The van der Waals surface area contributed by atoms with Gasteiger partial charge in [0.2, 0.25) is 0 Å². The van der Waals surface area contributed by atoms with Crippen molar-refractivity contribution in [2.45, 2.75) is 39.2 Å². The van der Waals surface area contributed by atoms with Crippen LogP contribution in [-0.2, 0) is 6.42 Å². The van der Waals surface area contributed by atoms with Gasteiger partial charge < -0.3 is 5.32 Å². The Balaban J connectivity index is 1.42. The third-order valence-corrected chi connectivity index (χ3v) is 8.37. The van der Waals surface area contributed by atoms with Crippen LogP contribution in [0.3, 0.4) is 0 Å². The van der Waals surface area contributed by atoms with Crippen LogP contribution in [0.1, 0.15) is 61.9 Å². The first-order chi connectivity index (χ1) is 19.3. The maximum Gasteiger partial charge on any atom is 0.255 e. The number of amides is 1. The summed E-state index contributed by atoms with van der Waals surface area (Å²) in [5.74, 6) is -0.0671. The summed E-state index contributed by atoms with van der Waals surface area (Å²) in [6.45, 7) is 3.87. The molecule has 4 aromatic rings. The van der Waals surface area contributed by atoms with Gasteiger partial charge in [0.1, 0.15) is 0 Å². The maximum atomic E-state index is 14.0. The predicted octanol–water partition coefficient (Wildman–Crippen LogP) is 5.61. The van der Waals surface area contributed by atoms with Crippen molar-refractivity contribution in [3.05, 3.63) is 133 Å². The second-order valence-electron chi connectivity index (χ2n) is 11.2. The number of anilines is 1. The Labute approximate surface area is 235 Å². The van der Waals surface area contributed by atoms with E-state index in [0.717, 1.165) is 41.2 Å². The first-order valence-electron chi connectivity index (χ1n) is 14.0. The van der Waals surface area contributed by atoms with Gasteiger partial charge >= 0.3 is 0 Å².